The monoisotopic (exact) mass is 328 g/mol. The van der Waals surface area contributed by atoms with Gasteiger partial charge in [-0.1, -0.05) is 24.3 Å². The second kappa shape index (κ2) is 7.67. The molecule has 0 bridgehead atoms. The van der Waals surface area contributed by atoms with Gasteiger partial charge in [-0.2, -0.15) is 0 Å². The molecule has 0 aliphatic heterocycles. The number of amides is 1. The number of quaternary nitrogens is 1. The second-order valence-electron chi connectivity index (χ2n) is 7.13. The zero-order valence-corrected chi connectivity index (χ0v) is 15.7. The smallest absolute Gasteiger partial charge is 0.253 e. The molecule has 0 spiro atoms. The van der Waals surface area contributed by atoms with Gasteiger partial charge >= 0.3 is 0 Å². The van der Waals surface area contributed by atoms with E-state index in [0.29, 0.717) is 12.6 Å². The van der Waals surface area contributed by atoms with E-state index >= 15 is 0 Å². The largest absolute Gasteiger partial charge is 0.348 e. The Kier molecular flexibility index (Phi) is 5.84. The number of hydrogen-bond donors (Lipinski definition) is 2. The molecule has 4 heteroatoms. The minimum absolute atomic E-state index is 0.00295. The molecule has 2 rings (SSSR count). The highest BCUT2D eigenvalue weighted by molar-refractivity contribution is 5.95. The van der Waals surface area contributed by atoms with Crippen molar-refractivity contribution in [1.82, 2.24) is 9.88 Å². The third-order valence-corrected chi connectivity index (χ3v) is 4.28. The molecule has 0 atom stereocenters. The van der Waals surface area contributed by atoms with Gasteiger partial charge in [0.15, 0.2) is 0 Å². The third kappa shape index (κ3) is 4.26. The second-order valence-corrected chi connectivity index (χ2v) is 7.13. The Balaban J connectivity index is 2.02. The molecule has 24 heavy (non-hydrogen) atoms. The van der Waals surface area contributed by atoms with Crippen LogP contribution < -0.4 is 10.2 Å². The summed E-state index contributed by atoms with van der Waals surface area (Å²) in [6, 6.07) is 10.8. The fraction of sp³-hybridized carbons (Fsp3) is 0.450. The van der Waals surface area contributed by atoms with Crippen LogP contribution in [0.4, 0.5) is 0 Å². The van der Waals surface area contributed by atoms with Gasteiger partial charge in [-0.25, -0.2) is 0 Å². The topological polar surface area (TPSA) is 38.5 Å². The molecule has 0 aliphatic rings. The van der Waals surface area contributed by atoms with Crippen molar-refractivity contribution in [3.8, 4) is 0 Å². The van der Waals surface area contributed by atoms with Crippen LogP contribution >= 0.6 is 0 Å². The summed E-state index contributed by atoms with van der Waals surface area (Å²) < 4.78 is 2.20. The van der Waals surface area contributed by atoms with E-state index in [9.17, 15) is 4.79 Å². The van der Waals surface area contributed by atoms with Gasteiger partial charge in [-0.3, -0.25) is 4.79 Å². The highest BCUT2D eigenvalue weighted by atomic mass is 16.1. The molecule has 1 heterocycles. The lowest BCUT2D eigenvalue weighted by Crippen LogP contribution is -3.04. The van der Waals surface area contributed by atoms with Gasteiger partial charge in [-0.05, 0) is 39.3 Å². The number of carbonyl (C=O) groups is 1. The van der Waals surface area contributed by atoms with Crippen LogP contribution in [-0.2, 0) is 13.1 Å². The number of aryl methyl sites for hydroxylation is 1. The predicted molar refractivity (Wildman–Crippen MR) is 98.4 cm³/mol. The molecule has 1 amide bonds. The first-order valence-corrected chi connectivity index (χ1v) is 8.63. The fourth-order valence-corrected chi connectivity index (χ4v) is 3.26. The summed E-state index contributed by atoms with van der Waals surface area (Å²) in [7, 11) is 4.28. The molecule has 1 aromatic carbocycles. The van der Waals surface area contributed by atoms with E-state index in [1.54, 1.807) is 0 Å². The summed E-state index contributed by atoms with van der Waals surface area (Å²) in [6.07, 6.45) is 0. The SMILES string of the molecule is Cc1cc(C(=O)NCc2ccc(C[NH+](C)C)cc2)c(C)n1C(C)C. The van der Waals surface area contributed by atoms with Crippen molar-refractivity contribution >= 4 is 5.91 Å². The van der Waals surface area contributed by atoms with Crippen LogP contribution in [0.1, 0.15) is 52.8 Å². The molecule has 0 aliphatic carbocycles. The highest BCUT2D eigenvalue weighted by Gasteiger charge is 2.16. The maximum atomic E-state index is 12.5. The molecule has 0 unspecified atom stereocenters. The van der Waals surface area contributed by atoms with Gasteiger partial charge in [0.25, 0.3) is 5.91 Å². The number of rotatable bonds is 6. The molecular weight excluding hydrogens is 298 g/mol. The van der Waals surface area contributed by atoms with Gasteiger partial charge < -0.3 is 14.8 Å². The summed E-state index contributed by atoms with van der Waals surface area (Å²) in [5.74, 6) is -0.00295. The molecule has 1 aromatic heterocycles. The first-order valence-electron chi connectivity index (χ1n) is 8.63. The van der Waals surface area contributed by atoms with Crippen LogP contribution in [0, 0.1) is 13.8 Å². The van der Waals surface area contributed by atoms with Crippen molar-refractivity contribution in [2.45, 2.75) is 46.8 Å². The Morgan fingerprint density at radius 2 is 1.71 bits per heavy atom. The van der Waals surface area contributed by atoms with E-state index < -0.39 is 0 Å². The van der Waals surface area contributed by atoms with Crippen molar-refractivity contribution in [3.63, 3.8) is 0 Å². The minimum Gasteiger partial charge on any atom is -0.348 e. The lowest BCUT2D eigenvalue weighted by molar-refractivity contribution is -0.872. The van der Waals surface area contributed by atoms with Crippen molar-refractivity contribution in [2.24, 2.45) is 0 Å². The van der Waals surface area contributed by atoms with Crippen LogP contribution in [0.5, 0.6) is 0 Å². The normalized spacial score (nSPS) is 11.3. The predicted octanol–water partition coefficient (Wildman–Crippen LogP) is 2.26. The molecule has 4 nitrogen and oxygen atoms in total. The van der Waals surface area contributed by atoms with Crippen molar-refractivity contribution in [2.75, 3.05) is 14.1 Å². The summed E-state index contributed by atoms with van der Waals surface area (Å²) >= 11 is 0. The van der Waals surface area contributed by atoms with E-state index in [1.807, 2.05) is 13.0 Å². The van der Waals surface area contributed by atoms with Crippen molar-refractivity contribution < 1.29 is 9.69 Å². The minimum atomic E-state index is -0.00295. The van der Waals surface area contributed by atoms with E-state index in [0.717, 1.165) is 29.1 Å². The molecule has 0 saturated heterocycles. The zero-order valence-electron chi connectivity index (χ0n) is 15.7. The van der Waals surface area contributed by atoms with Crippen LogP contribution in [0.25, 0.3) is 0 Å². The van der Waals surface area contributed by atoms with E-state index in [-0.39, 0.29) is 5.91 Å². The van der Waals surface area contributed by atoms with Gasteiger partial charge in [0, 0.05) is 29.5 Å². The van der Waals surface area contributed by atoms with Gasteiger partial charge in [0.2, 0.25) is 0 Å². The maximum absolute atomic E-state index is 12.5. The summed E-state index contributed by atoms with van der Waals surface area (Å²) in [6.45, 7) is 9.90. The van der Waals surface area contributed by atoms with E-state index in [4.69, 9.17) is 0 Å². The number of carbonyl (C=O) groups excluding carboxylic acids is 1. The molecule has 0 saturated carbocycles. The maximum Gasteiger partial charge on any atom is 0.253 e. The van der Waals surface area contributed by atoms with Crippen molar-refractivity contribution in [3.05, 3.63) is 58.4 Å². The standard InChI is InChI=1S/C20H29N3O/c1-14(2)23-15(3)11-19(16(23)4)20(24)21-12-17-7-9-18(10-8-17)13-22(5)6/h7-11,14H,12-13H2,1-6H3,(H,21,24)/p+1. The number of hydrogen-bond acceptors (Lipinski definition) is 1. The summed E-state index contributed by atoms with van der Waals surface area (Å²) in [4.78, 5) is 13.9. The van der Waals surface area contributed by atoms with Crippen LogP contribution in [0.2, 0.25) is 0 Å². The summed E-state index contributed by atoms with van der Waals surface area (Å²) in [5, 5.41) is 3.04. The molecular formula is C20H30N3O+. The van der Waals surface area contributed by atoms with Crippen LogP contribution in [0.15, 0.2) is 30.3 Å². The first kappa shape index (κ1) is 18.3. The number of nitrogens with zero attached hydrogens (tertiary/aromatic N) is 1. The molecule has 130 valence electrons. The van der Waals surface area contributed by atoms with E-state index in [2.05, 4.69) is 69.0 Å². The van der Waals surface area contributed by atoms with Crippen LogP contribution in [0.3, 0.4) is 0 Å². The molecule has 2 N–H and O–H groups in total. The third-order valence-electron chi connectivity index (χ3n) is 4.28. The van der Waals surface area contributed by atoms with Crippen LogP contribution in [-0.4, -0.2) is 24.6 Å². The van der Waals surface area contributed by atoms with Gasteiger partial charge in [0.1, 0.15) is 6.54 Å². The first-order chi connectivity index (χ1) is 11.3. The zero-order chi connectivity index (χ0) is 17.9. The Bertz CT molecular complexity index is 696. The quantitative estimate of drug-likeness (QED) is 0.839. The molecule has 0 fully saturated rings. The molecule has 0 radical (unpaired) electrons. The van der Waals surface area contributed by atoms with E-state index in [1.165, 1.54) is 10.5 Å². The summed E-state index contributed by atoms with van der Waals surface area (Å²) in [5.41, 5.74) is 5.37. The average Bonchev–Trinajstić information content (AvgIpc) is 2.80. The van der Waals surface area contributed by atoms with Crippen molar-refractivity contribution in [1.29, 1.82) is 0 Å². The Hall–Kier alpha value is -2.07. The Labute approximate surface area is 145 Å². The van der Waals surface area contributed by atoms with Gasteiger partial charge in [0.05, 0.1) is 19.7 Å². The number of aromatic nitrogens is 1. The fourth-order valence-electron chi connectivity index (χ4n) is 3.26. The number of nitrogens with one attached hydrogen (secondary N) is 2. The Morgan fingerprint density at radius 3 is 2.21 bits per heavy atom. The van der Waals surface area contributed by atoms with Gasteiger partial charge in [-0.15, -0.1) is 0 Å². The Morgan fingerprint density at radius 1 is 1.12 bits per heavy atom. The molecule has 2 aromatic rings. The lowest BCUT2D eigenvalue weighted by Gasteiger charge is -2.13. The lowest BCUT2D eigenvalue weighted by atomic mass is 10.1. The average molecular weight is 328 g/mol. The highest BCUT2D eigenvalue weighted by Crippen LogP contribution is 2.20. The number of benzene rings is 1.